The number of carbonyl (C=O) groups excluding carboxylic acids is 2. The highest BCUT2D eigenvalue weighted by Crippen LogP contribution is 2.22. The van der Waals surface area contributed by atoms with Crippen molar-refractivity contribution in [2.75, 3.05) is 18.5 Å². The van der Waals surface area contributed by atoms with Gasteiger partial charge >= 0.3 is 0 Å². The van der Waals surface area contributed by atoms with E-state index in [1.165, 1.54) is 5.56 Å². The second-order valence-electron chi connectivity index (χ2n) is 7.80. The molecular formula is C23H30N2O3. The van der Waals surface area contributed by atoms with Crippen molar-refractivity contribution < 1.29 is 14.3 Å². The van der Waals surface area contributed by atoms with Gasteiger partial charge in [-0.3, -0.25) is 9.59 Å². The molecule has 2 aromatic rings. The maximum atomic E-state index is 12.4. The number of nitrogens with one attached hydrogen (secondary N) is 2. The highest BCUT2D eigenvalue weighted by Gasteiger charge is 2.14. The minimum Gasteiger partial charge on any atom is -0.484 e. The monoisotopic (exact) mass is 382 g/mol. The first-order valence-electron chi connectivity index (χ1n) is 9.71. The van der Waals surface area contributed by atoms with Crippen LogP contribution in [0.3, 0.4) is 0 Å². The summed E-state index contributed by atoms with van der Waals surface area (Å²) in [6, 6.07) is 14.6. The Morgan fingerprint density at radius 1 is 0.964 bits per heavy atom. The Labute approximate surface area is 167 Å². The Morgan fingerprint density at radius 2 is 1.61 bits per heavy atom. The lowest BCUT2D eigenvalue weighted by atomic mass is 9.87. The SMILES string of the molecule is CCCCNC(=O)COc1ccc(NC(=O)c2ccc(C(C)(C)C)cc2)cc1. The van der Waals surface area contributed by atoms with E-state index in [0.717, 1.165) is 12.8 Å². The van der Waals surface area contributed by atoms with Crippen LogP contribution in [0.15, 0.2) is 48.5 Å². The standard InChI is InChI=1S/C23H30N2O3/c1-5-6-15-24-21(26)16-28-20-13-11-19(12-14-20)25-22(27)17-7-9-18(10-8-17)23(2,3)4/h7-14H,5-6,15-16H2,1-4H3,(H,24,26)(H,25,27). The van der Waals surface area contributed by atoms with Gasteiger partial charge in [0.25, 0.3) is 11.8 Å². The van der Waals surface area contributed by atoms with E-state index in [9.17, 15) is 9.59 Å². The van der Waals surface area contributed by atoms with Crippen molar-refractivity contribution in [3.8, 4) is 5.75 Å². The fourth-order valence-electron chi connectivity index (χ4n) is 2.56. The Balaban J connectivity index is 1.86. The van der Waals surface area contributed by atoms with Crippen LogP contribution in [0.25, 0.3) is 0 Å². The first kappa shape index (κ1) is 21.5. The van der Waals surface area contributed by atoms with Crippen LogP contribution in [0.2, 0.25) is 0 Å². The third kappa shape index (κ3) is 6.72. The molecule has 2 N–H and O–H groups in total. The molecule has 0 aliphatic carbocycles. The van der Waals surface area contributed by atoms with E-state index in [2.05, 4.69) is 38.3 Å². The van der Waals surface area contributed by atoms with Gasteiger partial charge in [-0.2, -0.15) is 0 Å². The molecule has 2 rings (SSSR count). The molecule has 5 heteroatoms. The minimum atomic E-state index is -0.163. The van der Waals surface area contributed by atoms with Gasteiger partial charge in [-0.25, -0.2) is 0 Å². The van der Waals surface area contributed by atoms with E-state index < -0.39 is 0 Å². The number of ether oxygens (including phenoxy) is 1. The van der Waals surface area contributed by atoms with Crippen LogP contribution in [-0.2, 0) is 10.2 Å². The average Bonchev–Trinajstić information content (AvgIpc) is 2.67. The van der Waals surface area contributed by atoms with E-state index in [1.54, 1.807) is 24.3 Å². The fourth-order valence-corrected chi connectivity index (χ4v) is 2.56. The lowest BCUT2D eigenvalue weighted by Crippen LogP contribution is -2.29. The molecule has 0 aliphatic heterocycles. The van der Waals surface area contributed by atoms with Gasteiger partial charge in [-0.05, 0) is 53.8 Å². The molecule has 0 spiro atoms. The Hall–Kier alpha value is -2.82. The summed E-state index contributed by atoms with van der Waals surface area (Å²) in [5, 5.41) is 5.67. The Bertz CT molecular complexity index is 775. The first-order chi connectivity index (χ1) is 13.3. The molecule has 2 aromatic carbocycles. The summed E-state index contributed by atoms with van der Waals surface area (Å²) in [5.41, 5.74) is 2.52. The summed E-state index contributed by atoms with van der Waals surface area (Å²) in [4.78, 5) is 24.1. The van der Waals surface area contributed by atoms with Gasteiger partial charge in [-0.15, -0.1) is 0 Å². The summed E-state index contributed by atoms with van der Waals surface area (Å²) >= 11 is 0. The van der Waals surface area contributed by atoms with Crippen molar-refractivity contribution in [3.05, 3.63) is 59.7 Å². The van der Waals surface area contributed by atoms with E-state index in [0.29, 0.717) is 23.5 Å². The zero-order valence-electron chi connectivity index (χ0n) is 17.2. The predicted molar refractivity (Wildman–Crippen MR) is 113 cm³/mol. The van der Waals surface area contributed by atoms with Gasteiger partial charge in [0, 0.05) is 17.8 Å². The van der Waals surface area contributed by atoms with Crippen LogP contribution in [0, 0.1) is 0 Å². The summed E-state index contributed by atoms with van der Waals surface area (Å²) in [7, 11) is 0. The molecule has 5 nitrogen and oxygen atoms in total. The van der Waals surface area contributed by atoms with Gasteiger partial charge in [0.05, 0.1) is 0 Å². The Morgan fingerprint density at radius 3 is 2.18 bits per heavy atom. The van der Waals surface area contributed by atoms with Gasteiger partial charge in [-0.1, -0.05) is 46.2 Å². The number of unbranched alkanes of at least 4 members (excludes halogenated alkanes) is 1. The van der Waals surface area contributed by atoms with Crippen LogP contribution in [-0.4, -0.2) is 25.0 Å². The molecule has 0 radical (unpaired) electrons. The molecule has 0 atom stereocenters. The third-order valence-corrected chi connectivity index (χ3v) is 4.35. The van der Waals surface area contributed by atoms with Crippen molar-refractivity contribution >= 4 is 17.5 Å². The summed E-state index contributed by atoms with van der Waals surface area (Å²) < 4.78 is 5.46. The van der Waals surface area contributed by atoms with Crippen LogP contribution >= 0.6 is 0 Å². The number of hydrogen-bond acceptors (Lipinski definition) is 3. The molecule has 2 amide bonds. The first-order valence-corrected chi connectivity index (χ1v) is 9.71. The average molecular weight is 383 g/mol. The molecule has 28 heavy (non-hydrogen) atoms. The highest BCUT2D eigenvalue weighted by atomic mass is 16.5. The van der Waals surface area contributed by atoms with Gasteiger partial charge in [0.1, 0.15) is 5.75 Å². The summed E-state index contributed by atoms with van der Waals surface area (Å²) in [5.74, 6) is 0.284. The zero-order valence-corrected chi connectivity index (χ0v) is 17.2. The topological polar surface area (TPSA) is 67.4 Å². The van der Waals surface area contributed by atoms with Crippen LogP contribution < -0.4 is 15.4 Å². The molecular weight excluding hydrogens is 352 g/mol. The largest absolute Gasteiger partial charge is 0.484 e. The van der Waals surface area contributed by atoms with E-state index in [4.69, 9.17) is 4.74 Å². The Kier molecular flexibility index (Phi) is 7.61. The molecule has 0 unspecified atom stereocenters. The van der Waals surface area contributed by atoms with E-state index in [1.807, 2.05) is 24.3 Å². The maximum absolute atomic E-state index is 12.4. The molecule has 0 fully saturated rings. The van der Waals surface area contributed by atoms with Gasteiger partial charge in [0.2, 0.25) is 0 Å². The number of amides is 2. The van der Waals surface area contributed by atoms with Gasteiger partial charge < -0.3 is 15.4 Å². The molecule has 0 aromatic heterocycles. The van der Waals surface area contributed by atoms with Crippen LogP contribution in [0.5, 0.6) is 5.75 Å². The number of benzene rings is 2. The molecule has 0 bridgehead atoms. The number of rotatable bonds is 8. The normalized spacial score (nSPS) is 11.0. The molecule has 0 heterocycles. The molecule has 150 valence electrons. The van der Waals surface area contributed by atoms with Crippen molar-refractivity contribution in [3.63, 3.8) is 0 Å². The number of hydrogen-bond donors (Lipinski definition) is 2. The lowest BCUT2D eigenvalue weighted by Gasteiger charge is -2.19. The molecule has 0 saturated heterocycles. The smallest absolute Gasteiger partial charge is 0.257 e. The van der Waals surface area contributed by atoms with Gasteiger partial charge in [0.15, 0.2) is 6.61 Å². The second kappa shape index (κ2) is 9.93. The third-order valence-electron chi connectivity index (χ3n) is 4.35. The van der Waals surface area contributed by atoms with Crippen molar-refractivity contribution in [2.45, 2.75) is 46.0 Å². The summed E-state index contributed by atoms with van der Waals surface area (Å²) in [6.45, 7) is 9.14. The number of carbonyl (C=O) groups is 2. The quantitative estimate of drug-likeness (QED) is 0.659. The fraction of sp³-hybridized carbons (Fsp3) is 0.391. The lowest BCUT2D eigenvalue weighted by molar-refractivity contribution is -0.123. The predicted octanol–water partition coefficient (Wildman–Crippen LogP) is 4.53. The van der Waals surface area contributed by atoms with Crippen molar-refractivity contribution in [2.24, 2.45) is 0 Å². The van der Waals surface area contributed by atoms with Crippen molar-refractivity contribution in [1.29, 1.82) is 0 Å². The van der Waals surface area contributed by atoms with E-state index in [-0.39, 0.29) is 23.8 Å². The van der Waals surface area contributed by atoms with Crippen molar-refractivity contribution in [1.82, 2.24) is 5.32 Å². The number of anilines is 1. The second-order valence-corrected chi connectivity index (χ2v) is 7.80. The summed E-state index contributed by atoms with van der Waals surface area (Å²) in [6.07, 6.45) is 1.99. The maximum Gasteiger partial charge on any atom is 0.257 e. The van der Waals surface area contributed by atoms with Crippen LogP contribution in [0.4, 0.5) is 5.69 Å². The minimum absolute atomic E-state index is 0.0183. The van der Waals surface area contributed by atoms with Crippen LogP contribution in [0.1, 0.15) is 56.5 Å². The van der Waals surface area contributed by atoms with E-state index >= 15 is 0 Å². The zero-order chi connectivity index (χ0) is 20.6. The molecule has 0 aliphatic rings. The highest BCUT2D eigenvalue weighted by molar-refractivity contribution is 6.04. The molecule has 0 saturated carbocycles.